The molecule has 16 heavy (non-hydrogen) atoms. The molecule has 1 aromatic carbocycles. The average Bonchev–Trinajstić information content (AvgIpc) is 2.29. The zero-order valence-corrected chi connectivity index (χ0v) is 10.7. The number of hydrogen-bond acceptors (Lipinski definition) is 2. The molecule has 0 amide bonds. The fraction of sp³-hybridized carbons (Fsp3) is 0.231. The highest BCUT2D eigenvalue weighted by atomic mass is 31.0. The van der Waals surface area contributed by atoms with Gasteiger partial charge in [0.1, 0.15) is 5.82 Å². The SMILES string of the molecule is CCc1cnc(C)nc1-c1ccccc1P. The molecule has 0 N–H and O–H groups in total. The van der Waals surface area contributed by atoms with Gasteiger partial charge >= 0.3 is 0 Å². The van der Waals surface area contributed by atoms with Gasteiger partial charge in [0.25, 0.3) is 0 Å². The third-order valence-corrected chi connectivity index (χ3v) is 3.09. The van der Waals surface area contributed by atoms with Gasteiger partial charge in [-0.2, -0.15) is 0 Å². The smallest absolute Gasteiger partial charge is 0.125 e. The predicted molar refractivity (Wildman–Crippen MR) is 70.9 cm³/mol. The van der Waals surface area contributed by atoms with E-state index in [1.165, 1.54) is 16.4 Å². The highest BCUT2D eigenvalue weighted by Gasteiger charge is 2.08. The Morgan fingerprint density at radius 2 is 2.00 bits per heavy atom. The van der Waals surface area contributed by atoms with Crippen LogP contribution in [-0.4, -0.2) is 9.97 Å². The van der Waals surface area contributed by atoms with Gasteiger partial charge < -0.3 is 0 Å². The van der Waals surface area contributed by atoms with Crippen LogP contribution in [0, 0.1) is 6.92 Å². The number of nitrogens with zero attached hydrogens (tertiary/aromatic N) is 2. The molecule has 2 rings (SSSR count). The molecule has 0 saturated heterocycles. The Bertz CT molecular complexity index is 509. The largest absolute Gasteiger partial charge is 0.241 e. The normalized spacial score (nSPS) is 10.4. The Morgan fingerprint density at radius 3 is 2.69 bits per heavy atom. The molecule has 1 atom stereocenters. The minimum absolute atomic E-state index is 0.820. The number of hydrogen-bond donors (Lipinski definition) is 0. The van der Waals surface area contributed by atoms with Crippen molar-refractivity contribution in [2.24, 2.45) is 0 Å². The lowest BCUT2D eigenvalue weighted by Gasteiger charge is -2.09. The van der Waals surface area contributed by atoms with Gasteiger partial charge in [-0.3, -0.25) is 0 Å². The molecule has 0 saturated carbocycles. The van der Waals surface area contributed by atoms with Crippen molar-refractivity contribution in [3.05, 3.63) is 41.9 Å². The maximum atomic E-state index is 4.55. The van der Waals surface area contributed by atoms with Gasteiger partial charge in [-0.05, 0) is 24.2 Å². The fourth-order valence-electron chi connectivity index (χ4n) is 1.70. The Labute approximate surface area is 98.4 Å². The van der Waals surface area contributed by atoms with Crippen LogP contribution in [0.5, 0.6) is 0 Å². The van der Waals surface area contributed by atoms with Gasteiger partial charge in [-0.15, -0.1) is 9.24 Å². The summed E-state index contributed by atoms with van der Waals surface area (Å²) in [6.07, 6.45) is 2.88. The van der Waals surface area contributed by atoms with Crippen LogP contribution in [0.1, 0.15) is 18.3 Å². The average molecular weight is 230 g/mol. The summed E-state index contributed by atoms with van der Waals surface area (Å²) in [6, 6.07) is 8.26. The first kappa shape index (κ1) is 11.2. The topological polar surface area (TPSA) is 25.8 Å². The molecule has 0 aliphatic rings. The summed E-state index contributed by atoms with van der Waals surface area (Å²) in [5.41, 5.74) is 3.43. The Kier molecular flexibility index (Phi) is 3.31. The van der Waals surface area contributed by atoms with E-state index in [9.17, 15) is 0 Å². The molecule has 0 aliphatic carbocycles. The van der Waals surface area contributed by atoms with E-state index in [1.54, 1.807) is 0 Å². The molecule has 1 aromatic heterocycles. The summed E-state index contributed by atoms with van der Waals surface area (Å²) >= 11 is 0. The monoisotopic (exact) mass is 230 g/mol. The van der Waals surface area contributed by atoms with Crippen LogP contribution in [0.4, 0.5) is 0 Å². The second-order valence-electron chi connectivity index (χ2n) is 3.73. The highest BCUT2D eigenvalue weighted by molar-refractivity contribution is 7.28. The summed E-state index contributed by atoms with van der Waals surface area (Å²) in [7, 11) is 2.76. The van der Waals surface area contributed by atoms with Crippen LogP contribution in [-0.2, 0) is 6.42 Å². The lowest BCUT2D eigenvalue weighted by molar-refractivity contribution is 0.997. The van der Waals surface area contributed by atoms with E-state index in [-0.39, 0.29) is 0 Å². The standard InChI is InChI=1S/C13H15N2P/c1-3-10-8-14-9(2)15-13(10)11-6-4-5-7-12(11)16/h4-8H,3,16H2,1-2H3. The Balaban J connectivity index is 2.63. The molecule has 0 aliphatic heterocycles. The van der Waals surface area contributed by atoms with E-state index in [0.717, 1.165) is 17.9 Å². The second kappa shape index (κ2) is 4.71. The molecule has 0 bridgehead atoms. The molecule has 0 radical (unpaired) electrons. The van der Waals surface area contributed by atoms with Gasteiger partial charge in [-0.1, -0.05) is 31.2 Å². The van der Waals surface area contributed by atoms with Crippen molar-refractivity contribution in [1.82, 2.24) is 9.97 Å². The maximum absolute atomic E-state index is 4.55. The van der Waals surface area contributed by atoms with E-state index >= 15 is 0 Å². The van der Waals surface area contributed by atoms with Crippen molar-refractivity contribution < 1.29 is 0 Å². The van der Waals surface area contributed by atoms with Crippen molar-refractivity contribution in [1.29, 1.82) is 0 Å². The molecule has 82 valence electrons. The number of aromatic nitrogens is 2. The van der Waals surface area contributed by atoms with E-state index < -0.39 is 0 Å². The first-order valence-electron chi connectivity index (χ1n) is 5.39. The number of benzene rings is 1. The summed E-state index contributed by atoms with van der Waals surface area (Å²) in [5.74, 6) is 0.820. The third-order valence-electron chi connectivity index (χ3n) is 2.58. The van der Waals surface area contributed by atoms with Crippen LogP contribution < -0.4 is 5.30 Å². The molecule has 2 nitrogen and oxygen atoms in total. The molecular formula is C13H15N2P. The zero-order chi connectivity index (χ0) is 11.5. The molecule has 3 heteroatoms. The Morgan fingerprint density at radius 1 is 1.25 bits per heavy atom. The van der Waals surface area contributed by atoms with Crippen LogP contribution in [0.25, 0.3) is 11.3 Å². The van der Waals surface area contributed by atoms with Crippen molar-refractivity contribution in [2.45, 2.75) is 20.3 Å². The third kappa shape index (κ3) is 2.12. The summed E-state index contributed by atoms with van der Waals surface area (Å²) in [4.78, 5) is 8.80. The summed E-state index contributed by atoms with van der Waals surface area (Å²) in [6.45, 7) is 4.05. The van der Waals surface area contributed by atoms with Gasteiger partial charge in [0, 0.05) is 11.8 Å². The van der Waals surface area contributed by atoms with Crippen LogP contribution in [0.3, 0.4) is 0 Å². The van der Waals surface area contributed by atoms with E-state index in [1.807, 2.05) is 25.3 Å². The van der Waals surface area contributed by atoms with Crippen molar-refractivity contribution in [3.63, 3.8) is 0 Å². The van der Waals surface area contributed by atoms with Gasteiger partial charge in [0.05, 0.1) is 5.69 Å². The second-order valence-corrected chi connectivity index (χ2v) is 4.35. The van der Waals surface area contributed by atoms with E-state index in [4.69, 9.17) is 0 Å². The summed E-state index contributed by atoms with van der Waals surface area (Å²) in [5, 5.41) is 1.18. The quantitative estimate of drug-likeness (QED) is 0.741. The Hall–Kier alpha value is -1.27. The van der Waals surface area contributed by atoms with Gasteiger partial charge in [-0.25, -0.2) is 9.97 Å². The lowest BCUT2D eigenvalue weighted by atomic mass is 10.1. The van der Waals surface area contributed by atoms with Gasteiger partial charge in [0.15, 0.2) is 0 Å². The number of rotatable bonds is 2. The fourth-order valence-corrected chi connectivity index (χ4v) is 2.04. The predicted octanol–water partition coefficient (Wildman–Crippen LogP) is 2.51. The van der Waals surface area contributed by atoms with Crippen molar-refractivity contribution in [3.8, 4) is 11.3 Å². The molecule has 1 heterocycles. The molecule has 1 unspecified atom stereocenters. The summed E-state index contributed by atoms with van der Waals surface area (Å²) < 4.78 is 0. The highest BCUT2D eigenvalue weighted by Crippen LogP contribution is 2.21. The van der Waals surface area contributed by atoms with Crippen LogP contribution >= 0.6 is 9.24 Å². The molecular weight excluding hydrogens is 215 g/mol. The molecule has 0 spiro atoms. The first-order chi connectivity index (χ1) is 7.72. The van der Waals surface area contributed by atoms with Gasteiger partial charge in [0.2, 0.25) is 0 Å². The maximum Gasteiger partial charge on any atom is 0.125 e. The minimum Gasteiger partial charge on any atom is -0.241 e. The number of aryl methyl sites for hydroxylation is 2. The molecule has 2 aromatic rings. The van der Waals surface area contributed by atoms with Crippen LogP contribution in [0.2, 0.25) is 0 Å². The van der Waals surface area contributed by atoms with E-state index in [2.05, 4.69) is 38.3 Å². The van der Waals surface area contributed by atoms with Crippen molar-refractivity contribution >= 4 is 14.5 Å². The zero-order valence-electron chi connectivity index (χ0n) is 9.57. The van der Waals surface area contributed by atoms with E-state index in [0.29, 0.717) is 0 Å². The lowest BCUT2D eigenvalue weighted by Crippen LogP contribution is -2.03. The first-order valence-corrected chi connectivity index (χ1v) is 5.97. The van der Waals surface area contributed by atoms with Crippen LogP contribution in [0.15, 0.2) is 30.5 Å². The van der Waals surface area contributed by atoms with Crippen molar-refractivity contribution in [2.75, 3.05) is 0 Å². The minimum atomic E-state index is 0.820. The molecule has 0 fully saturated rings.